The highest BCUT2D eigenvalue weighted by Gasteiger charge is 2.13. The third-order valence-electron chi connectivity index (χ3n) is 3.82. The summed E-state index contributed by atoms with van der Waals surface area (Å²) in [6.07, 6.45) is 5.21. The second-order valence-corrected chi connectivity index (χ2v) is 5.04. The van der Waals surface area contributed by atoms with Crippen molar-refractivity contribution in [3.05, 3.63) is 48.5 Å². The summed E-state index contributed by atoms with van der Waals surface area (Å²) in [6.45, 7) is 5.40. The maximum Gasteiger partial charge on any atom is 0.253 e. The molecule has 2 heterocycles. The van der Waals surface area contributed by atoms with Gasteiger partial charge in [0.1, 0.15) is 0 Å². The minimum absolute atomic E-state index is 0.0626. The Kier molecular flexibility index (Phi) is 3.87. The van der Waals surface area contributed by atoms with Crippen molar-refractivity contribution in [2.45, 2.75) is 13.8 Å². The molecule has 0 aliphatic rings. The third kappa shape index (κ3) is 2.45. The molecule has 1 aromatic carbocycles. The van der Waals surface area contributed by atoms with Crippen LogP contribution in [0, 0.1) is 0 Å². The number of pyridine rings is 1. The van der Waals surface area contributed by atoms with Gasteiger partial charge in [0.2, 0.25) is 0 Å². The van der Waals surface area contributed by atoms with E-state index in [0.29, 0.717) is 18.7 Å². The molecule has 0 atom stereocenters. The van der Waals surface area contributed by atoms with E-state index < -0.39 is 0 Å². The normalized spacial score (nSPS) is 10.8. The zero-order chi connectivity index (χ0) is 15.5. The van der Waals surface area contributed by atoms with Gasteiger partial charge in [0.15, 0.2) is 0 Å². The van der Waals surface area contributed by atoms with Crippen molar-refractivity contribution < 1.29 is 4.79 Å². The average molecular weight is 294 g/mol. The van der Waals surface area contributed by atoms with Crippen LogP contribution in [0.1, 0.15) is 24.2 Å². The molecule has 0 aliphatic heterocycles. The van der Waals surface area contributed by atoms with Crippen LogP contribution >= 0.6 is 0 Å². The van der Waals surface area contributed by atoms with Crippen LogP contribution < -0.4 is 0 Å². The lowest BCUT2D eigenvalue weighted by atomic mass is 10.0. The van der Waals surface area contributed by atoms with Crippen LogP contribution in [0.3, 0.4) is 0 Å². The molecule has 3 rings (SSSR count). The highest BCUT2D eigenvalue weighted by atomic mass is 16.2. The van der Waals surface area contributed by atoms with Crippen molar-refractivity contribution in [3.8, 4) is 11.1 Å². The Labute approximate surface area is 129 Å². The van der Waals surface area contributed by atoms with Crippen LogP contribution in [0.25, 0.3) is 22.2 Å². The van der Waals surface area contributed by atoms with E-state index >= 15 is 0 Å². The molecule has 112 valence electrons. The summed E-state index contributed by atoms with van der Waals surface area (Å²) in [5.41, 5.74) is 4.45. The second kappa shape index (κ2) is 5.97. The number of benzene rings is 1. The Bertz CT molecular complexity index is 788. The number of aromatic nitrogens is 3. The van der Waals surface area contributed by atoms with E-state index in [1.165, 1.54) is 0 Å². The molecule has 2 aromatic heterocycles. The average Bonchev–Trinajstić information content (AvgIpc) is 3.04. The van der Waals surface area contributed by atoms with Gasteiger partial charge in [-0.15, -0.1) is 0 Å². The number of amides is 1. The van der Waals surface area contributed by atoms with E-state index in [1.54, 1.807) is 18.7 Å². The van der Waals surface area contributed by atoms with Gasteiger partial charge in [-0.2, -0.15) is 0 Å². The number of hydrogen-bond donors (Lipinski definition) is 1. The Morgan fingerprint density at radius 2 is 1.86 bits per heavy atom. The molecular formula is C17H18N4O. The standard InChI is InChI=1S/C17H18N4O/c1-3-21(4-2)17(22)13-7-5-12(6-8-13)14-9-18-10-15-16(14)20-11-19-15/h5-11H,3-4H2,1-2H3,(H,19,20). The molecule has 1 N–H and O–H groups in total. The maximum absolute atomic E-state index is 12.3. The molecule has 0 aliphatic carbocycles. The smallest absolute Gasteiger partial charge is 0.253 e. The number of carbonyl (C=O) groups is 1. The molecule has 0 radical (unpaired) electrons. The van der Waals surface area contributed by atoms with Gasteiger partial charge in [0.25, 0.3) is 5.91 Å². The van der Waals surface area contributed by atoms with Crippen molar-refractivity contribution in [1.82, 2.24) is 19.9 Å². The van der Waals surface area contributed by atoms with Crippen LogP contribution in [0.4, 0.5) is 0 Å². The Hall–Kier alpha value is -2.69. The number of carbonyl (C=O) groups excluding carboxylic acids is 1. The predicted molar refractivity (Wildman–Crippen MR) is 86.6 cm³/mol. The molecular weight excluding hydrogens is 276 g/mol. The first-order valence-corrected chi connectivity index (χ1v) is 7.41. The molecule has 3 aromatic rings. The number of hydrogen-bond acceptors (Lipinski definition) is 3. The van der Waals surface area contributed by atoms with Crippen LogP contribution in [-0.2, 0) is 0 Å². The highest BCUT2D eigenvalue weighted by molar-refractivity contribution is 5.96. The predicted octanol–water partition coefficient (Wildman–Crippen LogP) is 3.11. The first-order chi connectivity index (χ1) is 10.7. The van der Waals surface area contributed by atoms with Gasteiger partial charge in [-0.25, -0.2) is 4.98 Å². The van der Waals surface area contributed by atoms with E-state index in [1.807, 2.05) is 43.0 Å². The molecule has 0 saturated heterocycles. The zero-order valence-electron chi connectivity index (χ0n) is 12.7. The lowest BCUT2D eigenvalue weighted by Gasteiger charge is -2.18. The second-order valence-electron chi connectivity index (χ2n) is 5.04. The molecule has 0 unspecified atom stereocenters. The summed E-state index contributed by atoms with van der Waals surface area (Å²) in [6, 6.07) is 7.62. The Morgan fingerprint density at radius 1 is 1.14 bits per heavy atom. The zero-order valence-corrected chi connectivity index (χ0v) is 12.7. The summed E-state index contributed by atoms with van der Waals surface area (Å²) >= 11 is 0. The maximum atomic E-state index is 12.3. The lowest BCUT2D eigenvalue weighted by Crippen LogP contribution is -2.30. The van der Waals surface area contributed by atoms with Crippen molar-refractivity contribution >= 4 is 16.9 Å². The largest absolute Gasteiger partial charge is 0.343 e. The summed E-state index contributed by atoms with van der Waals surface area (Å²) in [7, 11) is 0. The summed E-state index contributed by atoms with van der Waals surface area (Å²) in [5, 5.41) is 0. The van der Waals surface area contributed by atoms with Crippen molar-refractivity contribution in [1.29, 1.82) is 0 Å². The molecule has 0 saturated carbocycles. The van der Waals surface area contributed by atoms with Gasteiger partial charge in [-0.1, -0.05) is 12.1 Å². The molecule has 5 heteroatoms. The Morgan fingerprint density at radius 3 is 2.55 bits per heavy atom. The molecule has 5 nitrogen and oxygen atoms in total. The number of fused-ring (bicyclic) bond motifs is 1. The van der Waals surface area contributed by atoms with E-state index in [4.69, 9.17) is 0 Å². The highest BCUT2D eigenvalue weighted by Crippen LogP contribution is 2.25. The van der Waals surface area contributed by atoms with Gasteiger partial charge in [-0.05, 0) is 31.5 Å². The van der Waals surface area contributed by atoms with E-state index in [9.17, 15) is 4.79 Å². The molecule has 22 heavy (non-hydrogen) atoms. The minimum Gasteiger partial charge on any atom is -0.343 e. The lowest BCUT2D eigenvalue weighted by molar-refractivity contribution is 0.0773. The van der Waals surface area contributed by atoms with E-state index in [-0.39, 0.29) is 5.91 Å². The van der Waals surface area contributed by atoms with Gasteiger partial charge in [0.05, 0.1) is 23.6 Å². The third-order valence-corrected chi connectivity index (χ3v) is 3.82. The van der Waals surface area contributed by atoms with Crippen LogP contribution in [0.5, 0.6) is 0 Å². The van der Waals surface area contributed by atoms with Crippen LogP contribution in [0.2, 0.25) is 0 Å². The van der Waals surface area contributed by atoms with Crippen molar-refractivity contribution in [3.63, 3.8) is 0 Å². The Balaban J connectivity index is 1.95. The van der Waals surface area contributed by atoms with Crippen molar-refractivity contribution in [2.75, 3.05) is 13.1 Å². The number of aromatic amines is 1. The molecule has 0 fully saturated rings. The quantitative estimate of drug-likeness (QED) is 0.804. The number of rotatable bonds is 4. The fraction of sp³-hybridized carbons (Fsp3) is 0.235. The first kappa shape index (κ1) is 14.3. The van der Waals surface area contributed by atoms with Crippen molar-refractivity contribution in [2.24, 2.45) is 0 Å². The molecule has 0 bridgehead atoms. The van der Waals surface area contributed by atoms with E-state index in [0.717, 1.165) is 22.2 Å². The van der Waals surface area contributed by atoms with Gasteiger partial charge < -0.3 is 9.88 Å². The topological polar surface area (TPSA) is 61.9 Å². The molecule has 1 amide bonds. The monoisotopic (exact) mass is 294 g/mol. The summed E-state index contributed by atoms with van der Waals surface area (Å²) in [5.74, 6) is 0.0626. The summed E-state index contributed by atoms with van der Waals surface area (Å²) < 4.78 is 0. The summed E-state index contributed by atoms with van der Waals surface area (Å²) in [4.78, 5) is 25.8. The number of imidazole rings is 1. The number of H-pyrrole nitrogens is 1. The number of nitrogens with one attached hydrogen (secondary N) is 1. The van der Waals surface area contributed by atoms with Gasteiger partial charge >= 0.3 is 0 Å². The fourth-order valence-electron chi connectivity index (χ4n) is 2.56. The van der Waals surface area contributed by atoms with Crippen LogP contribution in [-0.4, -0.2) is 38.8 Å². The van der Waals surface area contributed by atoms with Gasteiger partial charge in [-0.3, -0.25) is 9.78 Å². The van der Waals surface area contributed by atoms with E-state index in [2.05, 4.69) is 15.0 Å². The SMILES string of the molecule is CCN(CC)C(=O)c1ccc(-c2cncc3[nH]cnc23)cc1. The van der Waals surface area contributed by atoms with Gasteiger partial charge in [0, 0.05) is 30.4 Å². The minimum atomic E-state index is 0.0626. The first-order valence-electron chi connectivity index (χ1n) is 7.41. The van der Waals surface area contributed by atoms with Crippen LogP contribution in [0.15, 0.2) is 43.0 Å². The number of nitrogens with zero attached hydrogens (tertiary/aromatic N) is 3. The fourth-order valence-corrected chi connectivity index (χ4v) is 2.56. The molecule has 0 spiro atoms.